The Bertz CT molecular complexity index is 800. The molecule has 2 aromatic carbocycles. The maximum Gasteiger partial charge on any atom is 0.161 e. The van der Waals surface area contributed by atoms with Gasteiger partial charge in [-0.2, -0.15) is 0 Å². The molecule has 0 saturated carbocycles. The highest BCUT2D eigenvalue weighted by molar-refractivity contribution is 6.35. The summed E-state index contributed by atoms with van der Waals surface area (Å²) in [7, 11) is 0. The molecule has 6 heteroatoms. The van der Waals surface area contributed by atoms with Gasteiger partial charge in [-0.15, -0.1) is 0 Å². The van der Waals surface area contributed by atoms with Crippen LogP contribution < -0.4 is 14.8 Å². The van der Waals surface area contributed by atoms with Crippen molar-refractivity contribution in [1.29, 1.82) is 0 Å². The number of nitrogens with zero attached hydrogens (tertiary/aromatic N) is 1. The Balaban J connectivity index is 1.59. The quantitative estimate of drug-likeness (QED) is 0.529. The van der Waals surface area contributed by atoms with Crippen molar-refractivity contribution in [2.24, 2.45) is 0 Å². The highest BCUT2D eigenvalue weighted by atomic mass is 35.5. The number of benzene rings is 2. The molecule has 0 aromatic heterocycles. The molecule has 0 aliphatic carbocycles. The lowest BCUT2D eigenvalue weighted by molar-refractivity contribution is 0.259. The van der Waals surface area contributed by atoms with Crippen LogP contribution >= 0.6 is 23.2 Å². The predicted molar refractivity (Wildman–Crippen MR) is 120 cm³/mol. The lowest BCUT2D eigenvalue weighted by Crippen LogP contribution is -2.37. The Morgan fingerprint density at radius 3 is 2.69 bits per heavy atom. The summed E-state index contributed by atoms with van der Waals surface area (Å²) in [5.74, 6) is 1.47. The van der Waals surface area contributed by atoms with E-state index in [2.05, 4.69) is 29.3 Å². The van der Waals surface area contributed by atoms with Gasteiger partial charge in [0.05, 0.1) is 6.61 Å². The van der Waals surface area contributed by atoms with Crippen molar-refractivity contribution in [3.63, 3.8) is 0 Å². The fourth-order valence-corrected chi connectivity index (χ4v) is 4.23. The summed E-state index contributed by atoms with van der Waals surface area (Å²) in [5.41, 5.74) is 2.08. The minimum Gasteiger partial charge on any atom is -0.490 e. The SMILES string of the molecule is CCOc1cc(CNC[C@@H]2CCCN2CC)ccc1OCc1ccc(Cl)cc1Cl. The van der Waals surface area contributed by atoms with E-state index in [1.54, 1.807) is 6.07 Å². The zero-order chi connectivity index (χ0) is 20.6. The second-order valence-electron chi connectivity index (χ2n) is 7.29. The third kappa shape index (κ3) is 6.26. The minimum atomic E-state index is 0.363. The Hall–Kier alpha value is -1.46. The lowest BCUT2D eigenvalue weighted by Gasteiger charge is -2.23. The maximum atomic E-state index is 6.25. The first-order valence-corrected chi connectivity index (χ1v) is 11.1. The van der Waals surface area contributed by atoms with Gasteiger partial charge in [-0.3, -0.25) is 4.90 Å². The van der Waals surface area contributed by atoms with Crippen molar-refractivity contribution in [2.75, 3.05) is 26.2 Å². The molecule has 1 aliphatic heterocycles. The molecule has 3 rings (SSSR count). The molecule has 0 spiro atoms. The molecule has 158 valence electrons. The second kappa shape index (κ2) is 11.1. The summed E-state index contributed by atoms with van der Waals surface area (Å²) in [6.45, 7) is 9.35. The standard InChI is InChI=1S/C23H30Cl2N2O2/c1-3-27-11-5-6-20(27)15-26-14-17-7-10-22(23(12-17)28-4-2)29-16-18-8-9-19(24)13-21(18)25/h7-10,12-13,20,26H,3-6,11,14-16H2,1-2H3/t20-/m0/s1. The molecule has 1 fully saturated rings. The summed E-state index contributed by atoms with van der Waals surface area (Å²) < 4.78 is 11.8. The number of likely N-dealkylation sites (tertiary alicyclic amines) is 1. The average Bonchev–Trinajstić information content (AvgIpc) is 3.16. The van der Waals surface area contributed by atoms with Crippen LogP contribution in [-0.4, -0.2) is 37.2 Å². The van der Waals surface area contributed by atoms with Crippen LogP contribution in [0.4, 0.5) is 0 Å². The Morgan fingerprint density at radius 2 is 1.93 bits per heavy atom. The monoisotopic (exact) mass is 436 g/mol. The van der Waals surface area contributed by atoms with Crippen LogP contribution in [0.25, 0.3) is 0 Å². The van der Waals surface area contributed by atoms with Crippen LogP contribution in [0.15, 0.2) is 36.4 Å². The molecule has 2 aromatic rings. The van der Waals surface area contributed by atoms with Crippen molar-refractivity contribution < 1.29 is 9.47 Å². The number of ether oxygens (including phenoxy) is 2. The van der Waals surface area contributed by atoms with E-state index >= 15 is 0 Å². The molecular weight excluding hydrogens is 407 g/mol. The van der Waals surface area contributed by atoms with Gasteiger partial charge in [0.25, 0.3) is 0 Å². The number of hydrogen-bond donors (Lipinski definition) is 1. The number of halogens is 2. The van der Waals surface area contributed by atoms with Crippen molar-refractivity contribution in [1.82, 2.24) is 10.2 Å². The molecule has 1 heterocycles. The Morgan fingerprint density at radius 1 is 1.07 bits per heavy atom. The zero-order valence-electron chi connectivity index (χ0n) is 17.2. The minimum absolute atomic E-state index is 0.363. The van der Waals surface area contributed by atoms with E-state index < -0.39 is 0 Å². The van der Waals surface area contributed by atoms with Gasteiger partial charge in [-0.25, -0.2) is 0 Å². The third-order valence-electron chi connectivity index (χ3n) is 5.32. The van der Waals surface area contributed by atoms with Crippen molar-refractivity contribution >= 4 is 23.2 Å². The Kier molecular flexibility index (Phi) is 8.49. The highest BCUT2D eigenvalue weighted by Crippen LogP contribution is 2.30. The normalized spacial score (nSPS) is 16.9. The van der Waals surface area contributed by atoms with E-state index in [0.717, 1.165) is 36.7 Å². The zero-order valence-corrected chi connectivity index (χ0v) is 18.7. The van der Waals surface area contributed by atoms with Gasteiger partial charge in [-0.1, -0.05) is 42.3 Å². The van der Waals surface area contributed by atoms with Gasteiger partial charge in [0.2, 0.25) is 0 Å². The van der Waals surface area contributed by atoms with Crippen LogP contribution in [0.5, 0.6) is 11.5 Å². The fourth-order valence-electron chi connectivity index (χ4n) is 3.77. The predicted octanol–water partition coefficient (Wildman–Crippen LogP) is 5.55. The number of hydrogen-bond acceptors (Lipinski definition) is 4. The summed E-state index contributed by atoms with van der Waals surface area (Å²) in [6, 6.07) is 12.2. The van der Waals surface area contributed by atoms with Crippen molar-refractivity contribution in [3.8, 4) is 11.5 Å². The molecular formula is C23H30Cl2N2O2. The van der Waals surface area contributed by atoms with Crippen molar-refractivity contribution in [3.05, 3.63) is 57.6 Å². The van der Waals surface area contributed by atoms with E-state index in [1.165, 1.54) is 24.9 Å². The van der Waals surface area contributed by atoms with Crippen LogP contribution in [0.3, 0.4) is 0 Å². The topological polar surface area (TPSA) is 33.7 Å². The molecule has 29 heavy (non-hydrogen) atoms. The molecule has 1 saturated heterocycles. The van der Waals surface area contributed by atoms with Gasteiger partial charge in [0, 0.05) is 34.7 Å². The molecule has 4 nitrogen and oxygen atoms in total. The molecule has 1 atom stereocenters. The van der Waals surface area contributed by atoms with Gasteiger partial charge in [0.15, 0.2) is 11.5 Å². The largest absolute Gasteiger partial charge is 0.490 e. The fraction of sp³-hybridized carbons (Fsp3) is 0.478. The summed E-state index contributed by atoms with van der Waals surface area (Å²) in [6.07, 6.45) is 2.59. The van der Waals surface area contributed by atoms with E-state index in [4.69, 9.17) is 32.7 Å². The highest BCUT2D eigenvalue weighted by Gasteiger charge is 2.22. The van der Waals surface area contributed by atoms with Gasteiger partial charge < -0.3 is 14.8 Å². The van der Waals surface area contributed by atoms with E-state index in [1.807, 2.05) is 25.1 Å². The molecule has 1 aliphatic rings. The number of rotatable bonds is 10. The smallest absolute Gasteiger partial charge is 0.161 e. The molecule has 1 N–H and O–H groups in total. The van der Waals surface area contributed by atoms with Crippen LogP contribution in [0.2, 0.25) is 10.0 Å². The summed E-state index contributed by atoms with van der Waals surface area (Å²) >= 11 is 12.2. The average molecular weight is 437 g/mol. The van der Waals surface area contributed by atoms with Gasteiger partial charge in [0.1, 0.15) is 6.61 Å². The molecule has 0 radical (unpaired) electrons. The first-order valence-electron chi connectivity index (χ1n) is 10.4. The van der Waals surface area contributed by atoms with Crippen LogP contribution in [0.1, 0.15) is 37.8 Å². The second-order valence-corrected chi connectivity index (χ2v) is 8.14. The van der Waals surface area contributed by atoms with Gasteiger partial charge in [-0.05, 0) is 62.7 Å². The first-order chi connectivity index (χ1) is 14.1. The maximum absolute atomic E-state index is 6.25. The van der Waals surface area contributed by atoms with E-state index in [9.17, 15) is 0 Å². The first kappa shape index (κ1) is 22.2. The summed E-state index contributed by atoms with van der Waals surface area (Å²) in [4.78, 5) is 2.55. The number of nitrogens with one attached hydrogen (secondary N) is 1. The Labute approximate surface area is 184 Å². The molecule has 0 unspecified atom stereocenters. The lowest BCUT2D eigenvalue weighted by atomic mass is 10.1. The third-order valence-corrected chi connectivity index (χ3v) is 5.91. The van der Waals surface area contributed by atoms with E-state index in [-0.39, 0.29) is 0 Å². The molecule has 0 bridgehead atoms. The van der Waals surface area contributed by atoms with Crippen molar-refractivity contribution in [2.45, 2.75) is 45.9 Å². The van der Waals surface area contributed by atoms with Crippen LogP contribution in [0, 0.1) is 0 Å². The van der Waals surface area contributed by atoms with E-state index in [0.29, 0.717) is 29.3 Å². The summed E-state index contributed by atoms with van der Waals surface area (Å²) in [5, 5.41) is 4.82. The molecule has 0 amide bonds. The van der Waals surface area contributed by atoms with Gasteiger partial charge >= 0.3 is 0 Å². The van der Waals surface area contributed by atoms with Crippen LogP contribution in [-0.2, 0) is 13.2 Å². The number of likely N-dealkylation sites (N-methyl/N-ethyl adjacent to an activating group) is 1.